The van der Waals surface area contributed by atoms with Crippen molar-refractivity contribution < 1.29 is 9.50 Å². The number of phenols is 1. The van der Waals surface area contributed by atoms with Gasteiger partial charge in [-0.3, -0.25) is 0 Å². The summed E-state index contributed by atoms with van der Waals surface area (Å²) < 4.78 is 13.1. The lowest BCUT2D eigenvalue weighted by atomic mass is 9.88. The first-order chi connectivity index (χ1) is 6.40. The normalized spacial score (nSPS) is 15.2. The largest absolute Gasteiger partial charge is 0.507 e. The predicted molar refractivity (Wildman–Crippen MR) is 54.6 cm³/mol. The van der Waals surface area contributed by atoms with Crippen LogP contribution in [0.3, 0.4) is 0 Å². The lowest BCUT2D eigenvalue weighted by molar-refractivity contribution is 0.409. The molecule has 0 saturated heterocycles. The minimum absolute atomic E-state index is 0.0307. The molecule has 0 aliphatic heterocycles. The molecule has 2 nitrogen and oxygen atoms in total. The Kier molecular flexibility index (Phi) is 2.81. The van der Waals surface area contributed by atoms with Gasteiger partial charge in [0.05, 0.1) is 0 Å². The van der Waals surface area contributed by atoms with Crippen LogP contribution in [0.2, 0.25) is 0 Å². The van der Waals surface area contributed by atoms with Crippen LogP contribution in [0, 0.1) is 12.7 Å². The van der Waals surface area contributed by atoms with Gasteiger partial charge in [-0.25, -0.2) is 4.39 Å². The lowest BCUT2D eigenvalue weighted by Gasteiger charge is -2.25. The molecule has 0 aromatic heterocycles. The van der Waals surface area contributed by atoms with Crippen LogP contribution < -0.4 is 5.73 Å². The van der Waals surface area contributed by atoms with Crippen molar-refractivity contribution >= 4 is 0 Å². The number of benzene rings is 1. The Bertz CT molecular complexity index is 347. The van der Waals surface area contributed by atoms with Gasteiger partial charge in [-0.15, -0.1) is 0 Å². The van der Waals surface area contributed by atoms with Gasteiger partial charge in [-0.2, -0.15) is 0 Å². The molecule has 0 radical (unpaired) electrons. The Balaban J connectivity index is 3.31. The van der Waals surface area contributed by atoms with Crippen LogP contribution in [0.4, 0.5) is 4.39 Å². The highest BCUT2D eigenvalue weighted by Gasteiger charge is 2.23. The number of hydrogen-bond donors (Lipinski definition) is 2. The fourth-order valence-corrected chi connectivity index (χ4v) is 1.33. The summed E-state index contributed by atoms with van der Waals surface area (Å²) in [5, 5.41) is 9.73. The van der Waals surface area contributed by atoms with E-state index in [1.54, 1.807) is 13.0 Å². The first kappa shape index (κ1) is 11.0. The van der Waals surface area contributed by atoms with Gasteiger partial charge in [0.1, 0.15) is 11.6 Å². The summed E-state index contributed by atoms with van der Waals surface area (Å²) in [6.45, 7) is 5.29. The molecule has 78 valence electrons. The quantitative estimate of drug-likeness (QED) is 0.764. The zero-order chi connectivity index (χ0) is 10.9. The summed E-state index contributed by atoms with van der Waals surface area (Å²) in [6, 6.07) is 2.88. The summed E-state index contributed by atoms with van der Waals surface area (Å²) in [6.07, 6.45) is 0.686. The van der Waals surface area contributed by atoms with Crippen LogP contribution in [-0.2, 0) is 5.54 Å². The van der Waals surface area contributed by atoms with Crippen LogP contribution >= 0.6 is 0 Å². The second-order valence-corrected chi connectivity index (χ2v) is 3.84. The van der Waals surface area contributed by atoms with Crippen molar-refractivity contribution in [2.75, 3.05) is 0 Å². The van der Waals surface area contributed by atoms with Gasteiger partial charge >= 0.3 is 0 Å². The van der Waals surface area contributed by atoms with E-state index in [2.05, 4.69) is 0 Å². The molecule has 1 aromatic rings. The topological polar surface area (TPSA) is 46.2 Å². The van der Waals surface area contributed by atoms with Gasteiger partial charge in [-0.1, -0.05) is 13.0 Å². The maximum absolute atomic E-state index is 13.1. The van der Waals surface area contributed by atoms with Crippen molar-refractivity contribution in [1.82, 2.24) is 0 Å². The molecule has 1 rings (SSSR count). The van der Waals surface area contributed by atoms with E-state index in [4.69, 9.17) is 5.73 Å². The SMILES string of the molecule is CCC(C)(N)c1ccc(F)c(C)c1O. The highest BCUT2D eigenvalue weighted by Crippen LogP contribution is 2.33. The highest BCUT2D eigenvalue weighted by molar-refractivity contribution is 5.44. The fourth-order valence-electron chi connectivity index (χ4n) is 1.33. The van der Waals surface area contributed by atoms with Gasteiger partial charge in [0.15, 0.2) is 0 Å². The molecular formula is C11H16FNO. The molecule has 0 amide bonds. The van der Waals surface area contributed by atoms with E-state index in [1.807, 2.05) is 13.8 Å². The average molecular weight is 197 g/mol. The molecule has 0 bridgehead atoms. The van der Waals surface area contributed by atoms with Crippen molar-refractivity contribution in [2.24, 2.45) is 5.73 Å². The molecule has 0 saturated carbocycles. The smallest absolute Gasteiger partial charge is 0.129 e. The summed E-state index contributed by atoms with van der Waals surface area (Å²) in [7, 11) is 0. The summed E-state index contributed by atoms with van der Waals surface area (Å²) in [5.41, 5.74) is 6.22. The molecule has 0 spiro atoms. The predicted octanol–water partition coefficient (Wildman–Crippen LogP) is 2.42. The fraction of sp³-hybridized carbons (Fsp3) is 0.455. The molecule has 1 aromatic carbocycles. The van der Waals surface area contributed by atoms with Crippen molar-refractivity contribution in [2.45, 2.75) is 32.7 Å². The second-order valence-electron chi connectivity index (χ2n) is 3.84. The molecule has 0 aliphatic carbocycles. The first-order valence-electron chi connectivity index (χ1n) is 4.67. The number of hydrogen-bond acceptors (Lipinski definition) is 2. The minimum Gasteiger partial charge on any atom is -0.507 e. The van der Waals surface area contributed by atoms with Crippen LogP contribution in [0.1, 0.15) is 31.4 Å². The average Bonchev–Trinajstić information content (AvgIpc) is 2.14. The van der Waals surface area contributed by atoms with E-state index in [0.717, 1.165) is 0 Å². The number of aromatic hydroxyl groups is 1. The lowest BCUT2D eigenvalue weighted by Crippen LogP contribution is -2.32. The number of phenolic OH excluding ortho intramolecular Hbond substituents is 1. The maximum atomic E-state index is 13.1. The summed E-state index contributed by atoms with van der Waals surface area (Å²) in [5.74, 6) is -0.435. The molecule has 14 heavy (non-hydrogen) atoms. The van der Waals surface area contributed by atoms with Crippen molar-refractivity contribution in [3.8, 4) is 5.75 Å². The van der Waals surface area contributed by atoms with Crippen LogP contribution in [0.25, 0.3) is 0 Å². The van der Waals surface area contributed by atoms with Gasteiger partial charge in [-0.05, 0) is 26.3 Å². The molecule has 3 heteroatoms. The van der Waals surface area contributed by atoms with E-state index >= 15 is 0 Å². The summed E-state index contributed by atoms with van der Waals surface area (Å²) in [4.78, 5) is 0. The third-order valence-electron chi connectivity index (χ3n) is 2.71. The van der Waals surface area contributed by atoms with E-state index in [1.165, 1.54) is 6.07 Å². The Labute approximate surface area is 83.6 Å². The molecule has 1 atom stereocenters. The van der Waals surface area contributed by atoms with Gasteiger partial charge in [0.25, 0.3) is 0 Å². The molecular weight excluding hydrogens is 181 g/mol. The molecule has 0 aliphatic rings. The number of halogens is 1. The monoisotopic (exact) mass is 197 g/mol. The van der Waals surface area contributed by atoms with Crippen molar-refractivity contribution in [3.05, 3.63) is 29.1 Å². The van der Waals surface area contributed by atoms with Crippen LogP contribution in [0.15, 0.2) is 12.1 Å². The van der Waals surface area contributed by atoms with Crippen molar-refractivity contribution in [1.29, 1.82) is 0 Å². The Morgan fingerprint density at radius 2 is 2.07 bits per heavy atom. The second kappa shape index (κ2) is 3.58. The number of rotatable bonds is 2. The third-order valence-corrected chi connectivity index (χ3v) is 2.71. The number of nitrogens with two attached hydrogens (primary N) is 1. The third kappa shape index (κ3) is 1.73. The molecule has 1 unspecified atom stereocenters. The van der Waals surface area contributed by atoms with E-state index in [0.29, 0.717) is 12.0 Å². The molecule has 0 fully saturated rings. The van der Waals surface area contributed by atoms with Crippen LogP contribution in [0.5, 0.6) is 5.75 Å². The van der Waals surface area contributed by atoms with Gasteiger partial charge in [0.2, 0.25) is 0 Å². The zero-order valence-electron chi connectivity index (χ0n) is 8.76. The summed E-state index contributed by atoms with van der Waals surface area (Å²) >= 11 is 0. The van der Waals surface area contributed by atoms with Gasteiger partial charge in [0, 0.05) is 16.7 Å². The Morgan fingerprint density at radius 3 is 2.57 bits per heavy atom. The van der Waals surface area contributed by atoms with E-state index in [9.17, 15) is 9.50 Å². The first-order valence-corrected chi connectivity index (χ1v) is 4.67. The Hall–Kier alpha value is -1.09. The standard InChI is InChI=1S/C11H16FNO/c1-4-11(3,13)8-5-6-9(12)7(2)10(8)14/h5-6,14H,4,13H2,1-3H3. The van der Waals surface area contributed by atoms with E-state index in [-0.39, 0.29) is 11.3 Å². The Morgan fingerprint density at radius 1 is 1.50 bits per heavy atom. The molecule has 3 N–H and O–H groups in total. The van der Waals surface area contributed by atoms with Crippen molar-refractivity contribution in [3.63, 3.8) is 0 Å². The molecule has 0 heterocycles. The highest BCUT2D eigenvalue weighted by atomic mass is 19.1. The van der Waals surface area contributed by atoms with Crippen LogP contribution in [-0.4, -0.2) is 5.11 Å². The maximum Gasteiger partial charge on any atom is 0.129 e. The van der Waals surface area contributed by atoms with E-state index < -0.39 is 11.4 Å². The minimum atomic E-state index is -0.609. The van der Waals surface area contributed by atoms with Gasteiger partial charge < -0.3 is 10.8 Å². The zero-order valence-corrected chi connectivity index (χ0v) is 8.76.